The van der Waals surface area contributed by atoms with Gasteiger partial charge in [-0.3, -0.25) is 0 Å². The Morgan fingerprint density at radius 1 is 1.30 bits per heavy atom. The Bertz CT molecular complexity index is 428. The lowest BCUT2D eigenvalue weighted by atomic mass is 9.96. The second-order valence-corrected chi connectivity index (χ2v) is 5.67. The van der Waals surface area contributed by atoms with Crippen LogP contribution in [0.1, 0.15) is 38.3 Å². The molecule has 1 aromatic carbocycles. The van der Waals surface area contributed by atoms with Gasteiger partial charge in [0, 0.05) is 11.6 Å². The number of hydrogen-bond donors (Lipinski definition) is 1. The van der Waals surface area contributed by atoms with Gasteiger partial charge in [0.1, 0.15) is 11.6 Å². The van der Waals surface area contributed by atoms with Crippen LogP contribution in [0, 0.1) is 17.6 Å². The quantitative estimate of drug-likeness (QED) is 0.891. The summed E-state index contributed by atoms with van der Waals surface area (Å²) in [6.45, 7) is 8.35. The monoisotopic (exact) mass is 282 g/mol. The molecule has 0 aromatic heterocycles. The lowest BCUT2D eigenvalue weighted by Crippen LogP contribution is -2.37. The van der Waals surface area contributed by atoms with Crippen LogP contribution in [0.2, 0.25) is 0 Å². The lowest BCUT2D eigenvalue weighted by molar-refractivity contribution is 0.188. The largest absolute Gasteiger partial charge is 0.310 e. The molecule has 1 aliphatic heterocycles. The molecular weight excluding hydrogens is 258 g/mol. The van der Waals surface area contributed by atoms with Gasteiger partial charge in [0.05, 0.1) is 0 Å². The van der Waals surface area contributed by atoms with Crippen molar-refractivity contribution >= 4 is 0 Å². The minimum Gasteiger partial charge on any atom is -0.310 e. The van der Waals surface area contributed by atoms with Gasteiger partial charge in [-0.05, 0) is 70.1 Å². The maximum absolute atomic E-state index is 13.7. The van der Waals surface area contributed by atoms with Gasteiger partial charge in [0.25, 0.3) is 0 Å². The lowest BCUT2D eigenvalue weighted by Gasteiger charge is -2.31. The van der Waals surface area contributed by atoms with Crippen LogP contribution in [0.3, 0.4) is 0 Å². The minimum atomic E-state index is -0.383. The van der Waals surface area contributed by atoms with Crippen molar-refractivity contribution in [2.75, 3.05) is 26.2 Å². The fourth-order valence-electron chi connectivity index (χ4n) is 2.81. The van der Waals surface area contributed by atoms with Gasteiger partial charge in [-0.15, -0.1) is 0 Å². The first-order valence-electron chi connectivity index (χ1n) is 7.50. The molecule has 112 valence electrons. The number of halogens is 2. The standard InChI is InChI=1S/C16H24F2N2/c1-3-20-8-6-13(7-9-20)11-19-12(2)15-10-14(17)4-5-16(15)18/h4-5,10,12-13,19H,3,6-9,11H2,1-2H3. The molecule has 20 heavy (non-hydrogen) atoms. The molecule has 1 unspecified atom stereocenters. The number of benzene rings is 1. The summed E-state index contributed by atoms with van der Waals surface area (Å²) < 4.78 is 26.9. The second kappa shape index (κ2) is 7.14. The molecule has 1 atom stereocenters. The molecule has 1 aliphatic rings. The number of piperidine rings is 1. The predicted molar refractivity (Wildman–Crippen MR) is 77.6 cm³/mol. The van der Waals surface area contributed by atoms with Crippen molar-refractivity contribution in [3.05, 3.63) is 35.4 Å². The third-order valence-corrected chi connectivity index (χ3v) is 4.29. The van der Waals surface area contributed by atoms with Crippen LogP contribution in [0.25, 0.3) is 0 Å². The molecule has 2 nitrogen and oxygen atoms in total. The molecule has 1 fully saturated rings. The summed E-state index contributed by atoms with van der Waals surface area (Å²) in [5.74, 6) is -0.0876. The number of nitrogens with zero attached hydrogens (tertiary/aromatic N) is 1. The summed E-state index contributed by atoms with van der Waals surface area (Å²) in [4.78, 5) is 2.45. The average molecular weight is 282 g/mol. The Hall–Kier alpha value is -1.00. The van der Waals surface area contributed by atoms with Crippen LogP contribution in [0.4, 0.5) is 8.78 Å². The Kier molecular flexibility index (Phi) is 5.49. The maximum atomic E-state index is 13.7. The zero-order chi connectivity index (χ0) is 14.5. The summed E-state index contributed by atoms with van der Waals surface area (Å²) in [6.07, 6.45) is 2.36. The van der Waals surface area contributed by atoms with E-state index in [2.05, 4.69) is 17.1 Å². The van der Waals surface area contributed by atoms with Gasteiger partial charge in [0.2, 0.25) is 0 Å². The van der Waals surface area contributed by atoms with Crippen LogP contribution in [0.5, 0.6) is 0 Å². The highest BCUT2D eigenvalue weighted by Gasteiger charge is 2.19. The van der Waals surface area contributed by atoms with E-state index in [4.69, 9.17) is 0 Å². The van der Waals surface area contributed by atoms with Crippen molar-refractivity contribution in [2.45, 2.75) is 32.7 Å². The van der Waals surface area contributed by atoms with Crippen molar-refractivity contribution in [3.63, 3.8) is 0 Å². The van der Waals surface area contributed by atoms with Gasteiger partial charge in [-0.25, -0.2) is 8.78 Å². The van der Waals surface area contributed by atoms with E-state index in [1.165, 1.54) is 25.0 Å². The Balaban J connectivity index is 1.83. The number of hydrogen-bond acceptors (Lipinski definition) is 2. The Labute approximate surface area is 120 Å². The molecule has 1 heterocycles. The third-order valence-electron chi connectivity index (χ3n) is 4.29. The van der Waals surface area contributed by atoms with Gasteiger partial charge in [-0.1, -0.05) is 6.92 Å². The minimum absolute atomic E-state index is 0.157. The van der Waals surface area contributed by atoms with Crippen molar-refractivity contribution < 1.29 is 8.78 Å². The van der Waals surface area contributed by atoms with Crippen LogP contribution in [0.15, 0.2) is 18.2 Å². The normalized spacial score (nSPS) is 19.2. The van der Waals surface area contributed by atoms with Gasteiger partial charge >= 0.3 is 0 Å². The first-order chi connectivity index (χ1) is 9.60. The summed E-state index contributed by atoms with van der Waals surface area (Å²) in [6, 6.07) is 3.48. The number of nitrogens with one attached hydrogen (secondary N) is 1. The topological polar surface area (TPSA) is 15.3 Å². The molecule has 0 saturated carbocycles. The zero-order valence-corrected chi connectivity index (χ0v) is 12.3. The van der Waals surface area contributed by atoms with E-state index in [0.717, 1.165) is 32.2 Å². The molecule has 1 saturated heterocycles. The molecule has 1 aromatic rings. The van der Waals surface area contributed by atoms with Crippen LogP contribution in [-0.2, 0) is 0 Å². The highest BCUT2D eigenvalue weighted by molar-refractivity contribution is 5.21. The highest BCUT2D eigenvalue weighted by Crippen LogP contribution is 2.20. The number of likely N-dealkylation sites (tertiary alicyclic amines) is 1. The summed E-state index contributed by atoms with van der Waals surface area (Å²) in [5, 5.41) is 3.34. The van der Waals surface area contributed by atoms with Crippen molar-refractivity contribution in [3.8, 4) is 0 Å². The van der Waals surface area contributed by atoms with E-state index in [-0.39, 0.29) is 17.7 Å². The highest BCUT2D eigenvalue weighted by atomic mass is 19.1. The summed E-state index contributed by atoms with van der Waals surface area (Å²) in [5.41, 5.74) is 0.413. The molecule has 4 heteroatoms. The van der Waals surface area contributed by atoms with E-state index in [1.807, 2.05) is 6.92 Å². The maximum Gasteiger partial charge on any atom is 0.128 e. The SMILES string of the molecule is CCN1CCC(CNC(C)c2cc(F)ccc2F)CC1. The van der Waals surface area contributed by atoms with Crippen LogP contribution < -0.4 is 5.32 Å². The summed E-state index contributed by atoms with van der Waals surface area (Å²) in [7, 11) is 0. The fourth-order valence-corrected chi connectivity index (χ4v) is 2.81. The van der Waals surface area contributed by atoms with Crippen LogP contribution in [-0.4, -0.2) is 31.1 Å². The predicted octanol–water partition coefficient (Wildman–Crippen LogP) is 3.35. The van der Waals surface area contributed by atoms with E-state index in [1.54, 1.807) is 0 Å². The molecule has 0 amide bonds. The molecule has 2 rings (SSSR count). The molecule has 0 aliphatic carbocycles. The smallest absolute Gasteiger partial charge is 0.128 e. The molecule has 0 bridgehead atoms. The molecule has 0 radical (unpaired) electrons. The van der Waals surface area contributed by atoms with E-state index < -0.39 is 0 Å². The Morgan fingerprint density at radius 2 is 2.00 bits per heavy atom. The van der Waals surface area contributed by atoms with E-state index >= 15 is 0 Å². The van der Waals surface area contributed by atoms with Crippen molar-refractivity contribution in [1.29, 1.82) is 0 Å². The molecule has 0 spiro atoms. The first-order valence-corrected chi connectivity index (χ1v) is 7.50. The van der Waals surface area contributed by atoms with Crippen LogP contribution >= 0.6 is 0 Å². The van der Waals surface area contributed by atoms with Gasteiger partial charge in [0.15, 0.2) is 0 Å². The fraction of sp³-hybridized carbons (Fsp3) is 0.625. The third kappa shape index (κ3) is 4.00. The zero-order valence-electron chi connectivity index (χ0n) is 12.3. The Morgan fingerprint density at radius 3 is 2.65 bits per heavy atom. The van der Waals surface area contributed by atoms with Gasteiger partial charge < -0.3 is 10.2 Å². The van der Waals surface area contributed by atoms with Crippen molar-refractivity contribution in [1.82, 2.24) is 10.2 Å². The first kappa shape index (κ1) is 15.4. The average Bonchev–Trinajstić information content (AvgIpc) is 2.47. The van der Waals surface area contributed by atoms with Gasteiger partial charge in [-0.2, -0.15) is 0 Å². The second-order valence-electron chi connectivity index (χ2n) is 5.67. The summed E-state index contributed by atoms with van der Waals surface area (Å²) >= 11 is 0. The van der Waals surface area contributed by atoms with E-state index in [0.29, 0.717) is 11.5 Å². The van der Waals surface area contributed by atoms with E-state index in [9.17, 15) is 8.78 Å². The number of rotatable bonds is 5. The molecule has 1 N–H and O–H groups in total. The molecular formula is C16H24F2N2. The van der Waals surface area contributed by atoms with Crippen molar-refractivity contribution in [2.24, 2.45) is 5.92 Å².